The number of furan rings is 1. The van der Waals surface area contributed by atoms with Crippen molar-refractivity contribution in [1.29, 1.82) is 0 Å². The molecule has 1 amide bonds. The van der Waals surface area contributed by atoms with Crippen LogP contribution in [0.15, 0.2) is 76.2 Å². The van der Waals surface area contributed by atoms with Crippen molar-refractivity contribution < 1.29 is 22.0 Å². The molecule has 0 radical (unpaired) electrons. The van der Waals surface area contributed by atoms with E-state index in [1.165, 1.54) is 42.7 Å². The van der Waals surface area contributed by atoms with E-state index in [0.717, 1.165) is 5.56 Å². The van der Waals surface area contributed by atoms with Gasteiger partial charge in [-0.3, -0.25) is 4.79 Å². The number of halogens is 1. The lowest BCUT2D eigenvalue weighted by Crippen LogP contribution is -2.31. The van der Waals surface area contributed by atoms with E-state index >= 15 is 0 Å². The van der Waals surface area contributed by atoms with Crippen LogP contribution >= 0.6 is 0 Å². The Morgan fingerprint density at radius 3 is 2.33 bits per heavy atom. The third kappa shape index (κ3) is 4.25. The van der Waals surface area contributed by atoms with E-state index in [1.54, 1.807) is 24.3 Å². The Balaban J connectivity index is 1.85. The van der Waals surface area contributed by atoms with Crippen molar-refractivity contribution in [3.05, 3.63) is 89.6 Å². The van der Waals surface area contributed by atoms with Crippen LogP contribution in [0.3, 0.4) is 0 Å². The van der Waals surface area contributed by atoms with Crippen LogP contribution < -0.4 is 5.32 Å². The molecule has 2 aromatic carbocycles. The minimum absolute atomic E-state index is 0.144. The van der Waals surface area contributed by atoms with Gasteiger partial charge >= 0.3 is 0 Å². The van der Waals surface area contributed by atoms with Gasteiger partial charge in [-0.15, -0.1) is 0 Å². The summed E-state index contributed by atoms with van der Waals surface area (Å²) in [5.74, 6) is -0.720. The Bertz CT molecular complexity index is 1010. The van der Waals surface area contributed by atoms with Crippen LogP contribution in [-0.4, -0.2) is 20.9 Å². The first-order valence-electron chi connectivity index (χ1n) is 8.25. The number of rotatable bonds is 6. The molecule has 1 heterocycles. The molecular weight excluding hydrogens is 369 g/mol. The highest BCUT2D eigenvalue weighted by Gasteiger charge is 2.31. The number of carbonyl (C=O) groups is 1. The van der Waals surface area contributed by atoms with Crippen molar-refractivity contribution in [1.82, 2.24) is 5.32 Å². The van der Waals surface area contributed by atoms with E-state index in [0.29, 0.717) is 0 Å². The zero-order chi connectivity index (χ0) is 19.4. The molecule has 0 fully saturated rings. The second-order valence-corrected chi connectivity index (χ2v) is 8.21. The third-order valence-corrected chi connectivity index (χ3v) is 6.22. The lowest BCUT2D eigenvalue weighted by molar-refractivity contribution is 0.0953. The van der Waals surface area contributed by atoms with Gasteiger partial charge in [0.25, 0.3) is 5.91 Å². The average molecular weight is 387 g/mol. The highest BCUT2D eigenvalue weighted by Crippen LogP contribution is 2.29. The Labute approximate surface area is 156 Å². The predicted molar refractivity (Wildman–Crippen MR) is 98.5 cm³/mol. The average Bonchev–Trinajstić information content (AvgIpc) is 3.16. The Morgan fingerprint density at radius 1 is 1.07 bits per heavy atom. The van der Waals surface area contributed by atoms with Crippen LogP contribution in [0.1, 0.15) is 26.9 Å². The summed E-state index contributed by atoms with van der Waals surface area (Å²) in [4.78, 5) is 12.4. The van der Waals surface area contributed by atoms with Crippen molar-refractivity contribution in [3.8, 4) is 0 Å². The second-order valence-electron chi connectivity index (χ2n) is 6.08. The first-order valence-corrected chi connectivity index (χ1v) is 9.80. The van der Waals surface area contributed by atoms with E-state index in [1.807, 2.05) is 6.92 Å². The van der Waals surface area contributed by atoms with Gasteiger partial charge in [0.2, 0.25) is 0 Å². The molecule has 0 bridgehead atoms. The van der Waals surface area contributed by atoms with Gasteiger partial charge in [0.1, 0.15) is 16.8 Å². The van der Waals surface area contributed by atoms with E-state index in [2.05, 4.69) is 5.32 Å². The molecule has 3 aromatic rings. The van der Waals surface area contributed by atoms with Gasteiger partial charge in [0.05, 0.1) is 11.2 Å². The second kappa shape index (κ2) is 7.75. The van der Waals surface area contributed by atoms with E-state index in [-0.39, 0.29) is 22.8 Å². The fraction of sp³-hybridized carbons (Fsp3) is 0.150. The molecule has 0 spiro atoms. The summed E-state index contributed by atoms with van der Waals surface area (Å²) in [6, 6.07) is 14.6. The molecule has 0 aliphatic heterocycles. The molecule has 1 N–H and O–H groups in total. The molecule has 0 aliphatic carbocycles. The van der Waals surface area contributed by atoms with Gasteiger partial charge in [-0.2, -0.15) is 0 Å². The summed E-state index contributed by atoms with van der Waals surface area (Å²) >= 11 is 0. The maximum atomic E-state index is 13.1. The molecule has 0 saturated heterocycles. The summed E-state index contributed by atoms with van der Waals surface area (Å²) in [6.45, 7) is 1.68. The van der Waals surface area contributed by atoms with E-state index < -0.39 is 26.8 Å². The maximum Gasteiger partial charge on any atom is 0.251 e. The van der Waals surface area contributed by atoms with Gasteiger partial charge in [-0.1, -0.05) is 17.7 Å². The molecular formula is C20H18FNO4S. The van der Waals surface area contributed by atoms with Crippen molar-refractivity contribution in [2.45, 2.75) is 17.1 Å². The normalized spacial score (nSPS) is 12.5. The van der Waals surface area contributed by atoms with Gasteiger partial charge in [-0.25, -0.2) is 12.8 Å². The molecule has 0 aliphatic rings. The molecule has 140 valence electrons. The van der Waals surface area contributed by atoms with Crippen molar-refractivity contribution in [3.63, 3.8) is 0 Å². The van der Waals surface area contributed by atoms with Crippen LogP contribution in [0.4, 0.5) is 4.39 Å². The van der Waals surface area contributed by atoms with Crippen LogP contribution in [0, 0.1) is 12.7 Å². The highest BCUT2D eigenvalue weighted by molar-refractivity contribution is 7.91. The minimum atomic E-state index is -3.79. The van der Waals surface area contributed by atoms with Crippen molar-refractivity contribution >= 4 is 15.7 Å². The number of hydrogen-bond donors (Lipinski definition) is 1. The van der Waals surface area contributed by atoms with Crippen LogP contribution in [0.5, 0.6) is 0 Å². The minimum Gasteiger partial charge on any atom is -0.468 e. The fourth-order valence-electron chi connectivity index (χ4n) is 2.62. The third-order valence-electron chi connectivity index (χ3n) is 4.14. The molecule has 0 unspecified atom stereocenters. The number of amides is 1. The molecule has 0 saturated carbocycles. The molecule has 7 heteroatoms. The van der Waals surface area contributed by atoms with Crippen molar-refractivity contribution in [2.24, 2.45) is 0 Å². The summed E-state index contributed by atoms with van der Waals surface area (Å²) in [5, 5.41) is 1.51. The Kier molecular flexibility index (Phi) is 5.41. The largest absolute Gasteiger partial charge is 0.468 e. The lowest BCUT2D eigenvalue weighted by atomic mass is 10.2. The van der Waals surface area contributed by atoms with Gasteiger partial charge in [0.15, 0.2) is 9.84 Å². The van der Waals surface area contributed by atoms with Crippen LogP contribution in [0.2, 0.25) is 0 Å². The number of aryl methyl sites for hydroxylation is 1. The van der Waals surface area contributed by atoms with Crippen LogP contribution in [-0.2, 0) is 9.84 Å². The number of hydrogen-bond acceptors (Lipinski definition) is 4. The predicted octanol–water partition coefficient (Wildman–Crippen LogP) is 3.67. The Hall–Kier alpha value is -2.93. The number of nitrogens with one attached hydrogen (secondary N) is 1. The summed E-state index contributed by atoms with van der Waals surface area (Å²) in [7, 11) is -3.79. The quantitative estimate of drug-likeness (QED) is 0.700. The molecule has 1 aromatic heterocycles. The summed E-state index contributed by atoms with van der Waals surface area (Å²) < 4.78 is 44.4. The lowest BCUT2D eigenvalue weighted by Gasteiger charge is -2.17. The SMILES string of the molecule is Cc1ccc(S(=O)(=O)[C@@H](CNC(=O)c2ccc(F)cc2)c2ccco2)cc1. The van der Waals surface area contributed by atoms with E-state index in [4.69, 9.17) is 4.42 Å². The molecule has 3 rings (SSSR count). The van der Waals surface area contributed by atoms with Gasteiger partial charge in [0, 0.05) is 12.1 Å². The summed E-state index contributed by atoms with van der Waals surface area (Å²) in [6.07, 6.45) is 1.38. The van der Waals surface area contributed by atoms with Crippen molar-refractivity contribution in [2.75, 3.05) is 6.54 Å². The standard InChI is InChI=1S/C20H18FNO4S/c1-14-4-10-17(11-5-14)27(24,25)19(18-3-2-12-26-18)13-22-20(23)15-6-8-16(21)9-7-15/h2-12,19H,13H2,1H3,(H,22,23)/t19-/m0/s1. The van der Waals surface area contributed by atoms with Gasteiger partial charge in [-0.05, 0) is 55.5 Å². The summed E-state index contributed by atoms with van der Waals surface area (Å²) in [5.41, 5.74) is 1.18. The smallest absolute Gasteiger partial charge is 0.251 e. The zero-order valence-electron chi connectivity index (χ0n) is 14.6. The Morgan fingerprint density at radius 2 is 1.74 bits per heavy atom. The van der Waals surface area contributed by atoms with Gasteiger partial charge < -0.3 is 9.73 Å². The highest BCUT2D eigenvalue weighted by atomic mass is 32.2. The molecule has 1 atom stereocenters. The maximum absolute atomic E-state index is 13.1. The first-order chi connectivity index (χ1) is 12.9. The fourth-order valence-corrected chi connectivity index (χ4v) is 4.21. The van der Waals surface area contributed by atoms with E-state index in [9.17, 15) is 17.6 Å². The topological polar surface area (TPSA) is 76.4 Å². The molecule has 5 nitrogen and oxygen atoms in total. The number of sulfone groups is 1. The number of carbonyl (C=O) groups excluding carboxylic acids is 1. The van der Waals surface area contributed by atoms with Crippen LogP contribution in [0.25, 0.3) is 0 Å². The number of benzene rings is 2. The first kappa shape index (κ1) is 18.8. The monoisotopic (exact) mass is 387 g/mol. The zero-order valence-corrected chi connectivity index (χ0v) is 15.4. The molecule has 27 heavy (non-hydrogen) atoms.